The Labute approximate surface area is 116 Å². The molecule has 0 unspecified atom stereocenters. The summed E-state index contributed by atoms with van der Waals surface area (Å²) in [5.41, 5.74) is 0. The highest BCUT2D eigenvalue weighted by molar-refractivity contribution is 7.87. The van der Waals surface area contributed by atoms with Crippen molar-refractivity contribution in [2.45, 2.75) is 6.92 Å². The molecule has 0 radical (unpaired) electrons. The molecule has 0 rings (SSSR count). The Morgan fingerprint density at radius 3 is 1.85 bits per heavy atom. The van der Waals surface area contributed by atoms with Crippen molar-refractivity contribution < 1.29 is 37.0 Å². The summed E-state index contributed by atoms with van der Waals surface area (Å²) in [7, 11) is -2.36. The van der Waals surface area contributed by atoms with E-state index in [0.717, 1.165) is 14.2 Å². The number of methoxy groups -OCH3 is 2. The zero-order valence-corrected chi connectivity index (χ0v) is 12.1. The van der Waals surface area contributed by atoms with Crippen molar-refractivity contribution in [3.8, 4) is 0 Å². The lowest BCUT2D eigenvalue weighted by Crippen LogP contribution is -2.48. The first-order valence-electron chi connectivity index (χ1n) is 5.35. The van der Waals surface area contributed by atoms with Gasteiger partial charge in [-0.25, -0.2) is 9.52 Å². The van der Waals surface area contributed by atoms with Gasteiger partial charge in [-0.3, -0.25) is 9.59 Å². The molecule has 0 aliphatic carbocycles. The normalized spacial score (nSPS) is 10.8. The molecule has 0 saturated carbocycles. The van der Waals surface area contributed by atoms with E-state index >= 15 is 0 Å². The SMILES string of the molecule is CCOC(=O)NS(=O)(=O)N(CC(=O)OC)CC(=O)OC. The van der Waals surface area contributed by atoms with Crippen molar-refractivity contribution in [3.05, 3.63) is 0 Å². The molecule has 0 heterocycles. The maximum atomic E-state index is 11.8. The third kappa shape index (κ3) is 6.33. The van der Waals surface area contributed by atoms with Gasteiger partial charge in [-0.15, -0.1) is 0 Å². The highest BCUT2D eigenvalue weighted by Crippen LogP contribution is 2.00. The number of esters is 2. The number of nitrogens with zero attached hydrogens (tertiary/aromatic N) is 1. The first kappa shape index (κ1) is 18.1. The summed E-state index contributed by atoms with van der Waals surface area (Å²) in [5.74, 6) is -1.83. The molecule has 1 N–H and O–H groups in total. The first-order chi connectivity index (χ1) is 9.26. The van der Waals surface area contributed by atoms with Gasteiger partial charge in [0.25, 0.3) is 0 Å². The van der Waals surface area contributed by atoms with Crippen molar-refractivity contribution in [2.75, 3.05) is 33.9 Å². The molecule has 0 aromatic heterocycles. The Hall–Kier alpha value is -1.88. The zero-order valence-electron chi connectivity index (χ0n) is 11.2. The summed E-state index contributed by atoms with van der Waals surface area (Å²) in [6.45, 7) is -0.0943. The van der Waals surface area contributed by atoms with Crippen LogP contribution in [-0.4, -0.2) is 64.7 Å². The monoisotopic (exact) mass is 312 g/mol. The van der Waals surface area contributed by atoms with Crippen LogP contribution in [0.1, 0.15) is 6.92 Å². The Morgan fingerprint density at radius 1 is 1.05 bits per heavy atom. The number of amides is 1. The Morgan fingerprint density at radius 2 is 1.50 bits per heavy atom. The average molecular weight is 312 g/mol. The van der Waals surface area contributed by atoms with Gasteiger partial charge in [0.2, 0.25) is 0 Å². The molecule has 0 aromatic rings. The molecular formula is C9H16N2O8S. The zero-order chi connectivity index (χ0) is 15.8. The van der Waals surface area contributed by atoms with Gasteiger partial charge in [0, 0.05) is 0 Å². The number of hydrogen-bond donors (Lipinski definition) is 1. The van der Waals surface area contributed by atoms with Gasteiger partial charge in [0.05, 0.1) is 20.8 Å². The number of carbonyl (C=O) groups is 3. The van der Waals surface area contributed by atoms with Gasteiger partial charge in [-0.2, -0.15) is 12.7 Å². The molecule has 0 atom stereocenters. The van der Waals surface area contributed by atoms with Crippen LogP contribution in [0.4, 0.5) is 4.79 Å². The quantitative estimate of drug-likeness (QED) is 0.450. The van der Waals surface area contributed by atoms with Gasteiger partial charge in [-0.1, -0.05) is 0 Å². The largest absolute Gasteiger partial charge is 0.468 e. The average Bonchev–Trinajstić information content (AvgIpc) is 2.36. The Kier molecular flexibility index (Phi) is 7.54. The molecule has 116 valence electrons. The van der Waals surface area contributed by atoms with Crippen molar-refractivity contribution in [1.29, 1.82) is 0 Å². The van der Waals surface area contributed by atoms with E-state index in [1.807, 2.05) is 0 Å². The number of nitrogens with one attached hydrogen (secondary N) is 1. The van der Waals surface area contributed by atoms with E-state index in [4.69, 9.17) is 0 Å². The second kappa shape index (κ2) is 8.32. The molecule has 10 nitrogen and oxygen atoms in total. The molecule has 0 aliphatic heterocycles. The minimum Gasteiger partial charge on any atom is -0.468 e. The van der Waals surface area contributed by atoms with Crippen LogP contribution in [0.2, 0.25) is 0 Å². The van der Waals surface area contributed by atoms with Crippen molar-refractivity contribution in [3.63, 3.8) is 0 Å². The van der Waals surface area contributed by atoms with E-state index in [1.165, 1.54) is 11.6 Å². The molecule has 0 spiro atoms. The molecule has 0 saturated heterocycles. The minimum absolute atomic E-state index is 0.0463. The highest BCUT2D eigenvalue weighted by Gasteiger charge is 2.29. The predicted molar refractivity (Wildman–Crippen MR) is 64.7 cm³/mol. The lowest BCUT2D eigenvalue weighted by Gasteiger charge is -2.19. The lowest BCUT2D eigenvalue weighted by molar-refractivity contribution is -0.143. The van der Waals surface area contributed by atoms with Crippen LogP contribution in [0.5, 0.6) is 0 Å². The summed E-state index contributed by atoms with van der Waals surface area (Å²) < 4.78 is 38.6. The van der Waals surface area contributed by atoms with Crippen molar-refractivity contribution in [1.82, 2.24) is 9.03 Å². The fraction of sp³-hybridized carbons (Fsp3) is 0.667. The second-order valence-electron chi connectivity index (χ2n) is 3.25. The van der Waals surface area contributed by atoms with E-state index in [9.17, 15) is 22.8 Å². The van der Waals surface area contributed by atoms with Gasteiger partial charge in [-0.05, 0) is 6.92 Å². The van der Waals surface area contributed by atoms with Crippen LogP contribution < -0.4 is 4.72 Å². The van der Waals surface area contributed by atoms with E-state index in [1.54, 1.807) is 0 Å². The van der Waals surface area contributed by atoms with Gasteiger partial charge in [0.15, 0.2) is 0 Å². The number of rotatable bonds is 7. The molecule has 0 aliphatic rings. The molecule has 0 aromatic carbocycles. The maximum Gasteiger partial charge on any atom is 0.421 e. The molecule has 0 fully saturated rings. The Balaban J connectivity index is 5.02. The minimum atomic E-state index is -4.45. The fourth-order valence-electron chi connectivity index (χ4n) is 0.973. The molecular weight excluding hydrogens is 296 g/mol. The summed E-state index contributed by atoms with van der Waals surface area (Å²) in [6.07, 6.45) is -1.23. The van der Waals surface area contributed by atoms with Crippen LogP contribution in [0.25, 0.3) is 0 Å². The van der Waals surface area contributed by atoms with E-state index in [2.05, 4.69) is 14.2 Å². The van der Waals surface area contributed by atoms with Crippen LogP contribution >= 0.6 is 0 Å². The van der Waals surface area contributed by atoms with Crippen LogP contribution in [0, 0.1) is 0 Å². The summed E-state index contributed by atoms with van der Waals surface area (Å²) in [5, 5.41) is 0. The summed E-state index contributed by atoms with van der Waals surface area (Å²) >= 11 is 0. The fourth-order valence-corrected chi connectivity index (χ4v) is 1.92. The van der Waals surface area contributed by atoms with Gasteiger partial charge >= 0.3 is 28.2 Å². The standard InChI is InChI=1S/C9H16N2O8S/c1-4-19-9(14)10-20(15,16)11(5-7(12)17-2)6-8(13)18-3/h4-6H2,1-3H3,(H,10,14). The number of hydrogen-bond acceptors (Lipinski definition) is 8. The van der Waals surface area contributed by atoms with E-state index in [0.29, 0.717) is 4.31 Å². The second-order valence-corrected chi connectivity index (χ2v) is 4.92. The van der Waals surface area contributed by atoms with Crippen LogP contribution in [0.3, 0.4) is 0 Å². The summed E-state index contributed by atoms with van der Waals surface area (Å²) in [6, 6.07) is 0. The smallest absolute Gasteiger partial charge is 0.421 e. The lowest BCUT2D eigenvalue weighted by atomic mass is 10.6. The van der Waals surface area contributed by atoms with E-state index in [-0.39, 0.29) is 6.61 Å². The predicted octanol–water partition coefficient (Wildman–Crippen LogP) is -1.37. The first-order valence-corrected chi connectivity index (χ1v) is 6.79. The highest BCUT2D eigenvalue weighted by atomic mass is 32.2. The van der Waals surface area contributed by atoms with Crippen LogP contribution in [0.15, 0.2) is 0 Å². The van der Waals surface area contributed by atoms with Crippen molar-refractivity contribution in [2.24, 2.45) is 0 Å². The topological polar surface area (TPSA) is 128 Å². The third-order valence-electron chi connectivity index (χ3n) is 1.89. The van der Waals surface area contributed by atoms with Gasteiger partial charge in [0.1, 0.15) is 13.1 Å². The number of ether oxygens (including phenoxy) is 3. The van der Waals surface area contributed by atoms with Gasteiger partial charge < -0.3 is 14.2 Å². The number of carbonyl (C=O) groups excluding carboxylic acids is 3. The molecule has 0 bridgehead atoms. The third-order valence-corrected chi connectivity index (χ3v) is 3.26. The van der Waals surface area contributed by atoms with Crippen LogP contribution in [-0.2, 0) is 34.0 Å². The summed E-state index contributed by atoms with van der Waals surface area (Å²) in [4.78, 5) is 33.4. The molecule has 20 heavy (non-hydrogen) atoms. The molecule has 11 heteroatoms. The van der Waals surface area contributed by atoms with Crippen molar-refractivity contribution >= 4 is 28.2 Å². The molecule has 1 amide bonds. The maximum absolute atomic E-state index is 11.8. The Bertz CT molecular complexity index is 443. The van der Waals surface area contributed by atoms with E-state index < -0.39 is 41.3 Å².